The van der Waals surface area contributed by atoms with Crippen molar-refractivity contribution in [2.24, 2.45) is 21.5 Å². The lowest BCUT2D eigenvalue weighted by atomic mass is 10.1. The molecule has 0 radical (unpaired) electrons. The van der Waals surface area contributed by atoms with E-state index in [0.29, 0.717) is 12.5 Å². The molecule has 1 aromatic rings. The van der Waals surface area contributed by atoms with Crippen LogP contribution in [-0.2, 0) is 6.54 Å². The zero-order valence-electron chi connectivity index (χ0n) is 15.2. The van der Waals surface area contributed by atoms with Crippen LogP contribution >= 0.6 is 0 Å². The predicted octanol–water partition coefficient (Wildman–Crippen LogP) is 3.50. The van der Waals surface area contributed by atoms with Gasteiger partial charge in [-0.05, 0) is 18.9 Å². The summed E-state index contributed by atoms with van der Waals surface area (Å²) in [6.07, 6.45) is 7.61. The minimum absolute atomic E-state index is 0.0585. The van der Waals surface area contributed by atoms with Gasteiger partial charge >= 0.3 is 0 Å². The average molecular weight is 332 g/mol. The Morgan fingerprint density at radius 1 is 0.958 bits per heavy atom. The standard InChI is InChI=1S/C19H33N5/c1-3-5-6-7-8-12-15-24(4-2)19(23-18(20)21)22-16-17-13-10-9-11-14-17/h9-11,13-14H,3-8,12,15-16H2,1-2H3,(H4,20,21,22,23). The minimum atomic E-state index is 0.0585. The highest BCUT2D eigenvalue weighted by Crippen LogP contribution is 2.08. The summed E-state index contributed by atoms with van der Waals surface area (Å²) in [6, 6.07) is 10.1. The van der Waals surface area contributed by atoms with Crippen molar-refractivity contribution < 1.29 is 0 Å². The maximum atomic E-state index is 5.58. The molecule has 134 valence electrons. The van der Waals surface area contributed by atoms with Gasteiger partial charge in [0.1, 0.15) is 0 Å². The molecule has 0 amide bonds. The molecule has 0 bridgehead atoms. The van der Waals surface area contributed by atoms with E-state index in [-0.39, 0.29) is 5.96 Å². The van der Waals surface area contributed by atoms with Crippen molar-refractivity contribution in [1.29, 1.82) is 0 Å². The lowest BCUT2D eigenvalue weighted by molar-refractivity contribution is 0.412. The van der Waals surface area contributed by atoms with Crippen molar-refractivity contribution in [2.75, 3.05) is 13.1 Å². The summed E-state index contributed by atoms with van der Waals surface area (Å²) in [5.41, 5.74) is 12.3. The number of aliphatic imine (C=N–C) groups is 2. The molecule has 0 aliphatic heterocycles. The van der Waals surface area contributed by atoms with Gasteiger partial charge in [-0.25, -0.2) is 4.99 Å². The number of guanidine groups is 2. The Morgan fingerprint density at radius 3 is 2.25 bits per heavy atom. The summed E-state index contributed by atoms with van der Waals surface area (Å²) in [7, 11) is 0. The van der Waals surface area contributed by atoms with Crippen LogP contribution in [0.15, 0.2) is 40.3 Å². The normalized spacial score (nSPS) is 11.3. The Bertz CT molecular complexity index is 492. The first-order chi connectivity index (χ1) is 11.7. The Labute approximate surface area is 146 Å². The van der Waals surface area contributed by atoms with Gasteiger partial charge in [0, 0.05) is 13.1 Å². The monoisotopic (exact) mass is 331 g/mol. The highest BCUT2D eigenvalue weighted by atomic mass is 15.3. The molecule has 0 spiro atoms. The molecule has 0 saturated heterocycles. The van der Waals surface area contributed by atoms with E-state index in [0.717, 1.165) is 25.1 Å². The molecule has 1 aromatic carbocycles. The van der Waals surface area contributed by atoms with Crippen LogP contribution in [-0.4, -0.2) is 29.9 Å². The van der Waals surface area contributed by atoms with Gasteiger partial charge in [-0.2, -0.15) is 4.99 Å². The van der Waals surface area contributed by atoms with Crippen LogP contribution < -0.4 is 11.5 Å². The van der Waals surface area contributed by atoms with Gasteiger partial charge in [-0.1, -0.05) is 69.4 Å². The second kappa shape index (κ2) is 12.4. The third kappa shape index (κ3) is 8.56. The van der Waals surface area contributed by atoms with Gasteiger partial charge < -0.3 is 16.4 Å². The van der Waals surface area contributed by atoms with E-state index in [1.807, 2.05) is 18.2 Å². The summed E-state index contributed by atoms with van der Waals surface area (Å²) in [6.45, 7) is 6.72. The first kappa shape index (κ1) is 20.0. The minimum Gasteiger partial charge on any atom is -0.370 e. The van der Waals surface area contributed by atoms with Crippen LogP contribution in [0.3, 0.4) is 0 Å². The van der Waals surface area contributed by atoms with Crippen LogP contribution in [0.1, 0.15) is 57.9 Å². The molecule has 0 aliphatic carbocycles. The van der Waals surface area contributed by atoms with Crippen molar-refractivity contribution in [3.8, 4) is 0 Å². The third-order valence-electron chi connectivity index (χ3n) is 3.92. The van der Waals surface area contributed by atoms with Crippen LogP contribution in [0.2, 0.25) is 0 Å². The van der Waals surface area contributed by atoms with E-state index >= 15 is 0 Å². The van der Waals surface area contributed by atoms with E-state index in [1.165, 1.54) is 32.1 Å². The highest BCUT2D eigenvalue weighted by Gasteiger charge is 2.09. The van der Waals surface area contributed by atoms with Gasteiger partial charge in [-0.15, -0.1) is 0 Å². The van der Waals surface area contributed by atoms with Crippen molar-refractivity contribution in [3.63, 3.8) is 0 Å². The molecule has 0 aromatic heterocycles. The van der Waals surface area contributed by atoms with E-state index in [1.54, 1.807) is 0 Å². The highest BCUT2D eigenvalue weighted by molar-refractivity contribution is 5.93. The predicted molar refractivity (Wildman–Crippen MR) is 104 cm³/mol. The van der Waals surface area contributed by atoms with Gasteiger partial charge in [0.15, 0.2) is 5.96 Å². The Morgan fingerprint density at radius 2 is 1.62 bits per heavy atom. The third-order valence-corrected chi connectivity index (χ3v) is 3.92. The summed E-state index contributed by atoms with van der Waals surface area (Å²) < 4.78 is 0. The number of rotatable bonds is 10. The number of nitrogens with two attached hydrogens (primary N) is 2. The molecule has 5 heteroatoms. The zero-order valence-corrected chi connectivity index (χ0v) is 15.2. The second-order valence-electron chi connectivity index (χ2n) is 5.99. The maximum absolute atomic E-state index is 5.58. The summed E-state index contributed by atoms with van der Waals surface area (Å²) in [4.78, 5) is 11.0. The van der Waals surface area contributed by atoms with E-state index in [9.17, 15) is 0 Å². The first-order valence-corrected chi connectivity index (χ1v) is 9.10. The topological polar surface area (TPSA) is 80.0 Å². The van der Waals surface area contributed by atoms with Crippen LogP contribution in [0.5, 0.6) is 0 Å². The van der Waals surface area contributed by atoms with Crippen LogP contribution in [0, 0.1) is 0 Å². The summed E-state index contributed by atoms with van der Waals surface area (Å²) in [5.74, 6) is 0.693. The van der Waals surface area contributed by atoms with Gasteiger partial charge in [0.2, 0.25) is 5.96 Å². The maximum Gasteiger partial charge on any atom is 0.224 e. The number of unbranched alkanes of at least 4 members (excludes halogenated alkanes) is 5. The molecule has 5 nitrogen and oxygen atoms in total. The largest absolute Gasteiger partial charge is 0.370 e. The van der Waals surface area contributed by atoms with Crippen LogP contribution in [0.25, 0.3) is 0 Å². The summed E-state index contributed by atoms with van der Waals surface area (Å²) in [5, 5.41) is 0. The summed E-state index contributed by atoms with van der Waals surface area (Å²) >= 11 is 0. The molecule has 0 fully saturated rings. The quantitative estimate of drug-likeness (QED) is 0.391. The molecule has 24 heavy (non-hydrogen) atoms. The van der Waals surface area contributed by atoms with E-state index < -0.39 is 0 Å². The molecule has 4 N–H and O–H groups in total. The average Bonchev–Trinajstić information content (AvgIpc) is 2.59. The smallest absolute Gasteiger partial charge is 0.224 e. The Kier molecular flexibility index (Phi) is 10.3. The number of benzene rings is 1. The van der Waals surface area contributed by atoms with Crippen molar-refractivity contribution in [2.45, 2.75) is 58.9 Å². The van der Waals surface area contributed by atoms with E-state index in [4.69, 9.17) is 11.5 Å². The molecule has 0 unspecified atom stereocenters. The molecule has 0 atom stereocenters. The number of hydrogen-bond acceptors (Lipinski definition) is 1. The van der Waals surface area contributed by atoms with Crippen molar-refractivity contribution in [1.82, 2.24) is 4.90 Å². The molecule has 0 saturated carbocycles. The van der Waals surface area contributed by atoms with Gasteiger partial charge in [-0.3, -0.25) is 0 Å². The number of nitrogens with zero attached hydrogens (tertiary/aromatic N) is 3. The fourth-order valence-corrected chi connectivity index (χ4v) is 2.55. The van der Waals surface area contributed by atoms with Crippen molar-refractivity contribution >= 4 is 11.9 Å². The fourth-order valence-electron chi connectivity index (χ4n) is 2.55. The number of hydrogen-bond donors (Lipinski definition) is 2. The van der Waals surface area contributed by atoms with Crippen LogP contribution in [0.4, 0.5) is 0 Å². The van der Waals surface area contributed by atoms with Gasteiger partial charge in [0.05, 0.1) is 6.54 Å². The molecule has 0 heterocycles. The zero-order chi connectivity index (χ0) is 17.6. The van der Waals surface area contributed by atoms with Crippen molar-refractivity contribution in [3.05, 3.63) is 35.9 Å². The van der Waals surface area contributed by atoms with E-state index in [2.05, 4.69) is 40.9 Å². The first-order valence-electron chi connectivity index (χ1n) is 9.10. The molecule has 0 aliphatic rings. The molecular formula is C19H33N5. The lowest BCUT2D eigenvalue weighted by Gasteiger charge is -2.22. The fraction of sp³-hybridized carbons (Fsp3) is 0.579. The second-order valence-corrected chi connectivity index (χ2v) is 5.99. The lowest BCUT2D eigenvalue weighted by Crippen LogP contribution is -2.34. The molecule has 1 rings (SSSR count). The SMILES string of the molecule is CCCCCCCCN(CC)C(N=C(N)N)=NCc1ccccc1. The molecular weight excluding hydrogens is 298 g/mol. The Balaban J connectivity index is 2.61. The van der Waals surface area contributed by atoms with Gasteiger partial charge in [0.25, 0.3) is 0 Å². The Hall–Kier alpha value is -2.04.